The van der Waals surface area contributed by atoms with Gasteiger partial charge in [0.2, 0.25) is 0 Å². The Kier molecular flexibility index (Phi) is 4.40. The lowest BCUT2D eigenvalue weighted by Crippen LogP contribution is -2.05. The minimum absolute atomic E-state index is 0.0761. The van der Waals surface area contributed by atoms with Gasteiger partial charge in [-0.05, 0) is 30.7 Å². The number of aromatic nitrogens is 2. The van der Waals surface area contributed by atoms with Crippen molar-refractivity contribution in [2.75, 3.05) is 14.2 Å². The summed E-state index contributed by atoms with van der Waals surface area (Å²) in [6.45, 7) is 0. The van der Waals surface area contributed by atoms with Gasteiger partial charge in [-0.2, -0.15) is 5.10 Å². The van der Waals surface area contributed by atoms with Crippen LogP contribution in [0.15, 0.2) is 30.5 Å². The third kappa shape index (κ3) is 2.99. The standard InChI is InChI=1S/C15H18N2O3/c1-17-12(8-9-16-17)5-6-13(18)11-4-7-14(19-2)15(10-11)20-3/h4,7-10H,5-6H2,1-3H3. The summed E-state index contributed by atoms with van der Waals surface area (Å²) < 4.78 is 12.1. The first-order valence-corrected chi connectivity index (χ1v) is 6.38. The van der Waals surface area contributed by atoms with E-state index < -0.39 is 0 Å². The summed E-state index contributed by atoms with van der Waals surface area (Å²) in [5.41, 5.74) is 1.67. The zero-order valence-electron chi connectivity index (χ0n) is 11.9. The Labute approximate surface area is 118 Å². The molecule has 20 heavy (non-hydrogen) atoms. The highest BCUT2D eigenvalue weighted by molar-refractivity contribution is 5.96. The van der Waals surface area contributed by atoms with E-state index in [0.29, 0.717) is 29.9 Å². The molecule has 5 heteroatoms. The van der Waals surface area contributed by atoms with E-state index >= 15 is 0 Å². The first-order chi connectivity index (χ1) is 9.65. The molecule has 0 saturated carbocycles. The second-order valence-electron chi connectivity index (χ2n) is 4.44. The van der Waals surface area contributed by atoms with E-state index in [-0.39, 0.29) is 5.78 Å². The molecule has 0 atom stereocenters. The largest absolute Gasteiger partial charge is 0.493 e. The number of ether oxygens (including phenoxy) is 2. The van der Waals surface area contributed by atoms with Crippen LogP contribution in [0, 0.1) is 0 Å². The number of rotatable bonds is 6. The fourth-order valence-electron chi connectivity index (χ4n) is 2.04. The lowest BCUT2D eigenvalue weighted by Gasteiger charge is -2.09. The number of carbonyl (C=O) groups excluding carboxylic acids is 1. The Morgan fingerprint density at radius 3 is 2.55 bits per heavy atom. The predicted octanol–water partition coefficient (Wildman–Crippen LogP) is 2.25. The first-order valence-electron chi connectivity index (χ1n) is 6.38. The maximum atomic E-state index is 12.2. The number of aryl methyl sites for hydroxylation is 2. The van der Waals surface area contributed by atoms with Gasteiger partial charge in [-0.25, -0.2) is 0 Å². The number of Topliss-reactive ketones (excluding diaryl/α,β-unsaturated/α-hetero) is 1. The average molecular weight is 274 g/mol. The summed E-state index contributed by atoms with van der Waals surface area (Å²) in [6.07, 6.45) is 2.84. The monoisotopic (exact) mass is 274 g/mol. The van der Waals surface area contributed by atoms with Crippen LogP contribution in [0.4, 0.5) is 0 Å². The van der Waals surface area contributed by atoms with Gasteiger partial charge in [-0.3, -0.25) is 9.48 Å². The van der Waals surface area contributed by atoms with Gasteiger partial charge < -0.3 is 9.47 Å². The molecule has 0 bridgehead atoms. The van der Waals surface area contributed by atoms with Crippen LogP contribution >= 0.6 is 0 Å². The van der Waals surface area contributed by atoms with Crippen LogP contribution < -0.4 is 9.47 Å². The lowest BCUT2D eigenvalue weighted by molar-refractivity contribution is 0.0982. The van der Waals surface area contributed by atoms with E-state index in [0.717, 1.165) is 5.69 Å². The molecule has 0 aliphatic carbocycles. The van der Waals surface area contributed by atoms with E-state index in [1.54, 1.807) is 43.3 Å². The van der Waals surface area contributed by atoms with Crippen molar-refractivity contribution in [2.24, 2.45) is 7.05 Å². The third-order valence-electron chi connectivity index (χ3n) is 3.24. The van der Waals surface area contributed by atoms with Crippen molar-refractivity contribution in [3.8, 4) is 11.5 Å². The number of ketones is 1. The predicted molar refractivity (Wildman–Crippen MR) is 75.4 cm³/mol. The second kappa shape index (κ2) is 6.23. The summed E-state index contributed by atoms with van der Waals surface area (Å²) in [5, 5.41) is 4.09. The summed E-state index contributed by atoms with van der Waals surface area (Å²) >= 11 is 0. The van der Waals surface area contributed by atoms with Crippen molar-refractivity contribution in [3.63, 3.8) is 0 Å². The Balaban J connectivity index is 2.07. The van der Waals surface area contributed by atoms with Gasteiger partial charge in [-0.1, -0.05) is 0 Å². The molecule has 2 rings (SSSR count). The second-order valence-corrected chi connectivity index (χ2v) is 4.44. The zero-order valence-corrected chi connectivity index (χ0v) is 11.9. The van der Waals surface area contributed by atoms with E-state index in [9.17, 15) is 4.79 Å². The molecule has 1 aromatic carbocycles. The SMILES string of the molecule is COc1ccc(C(=O)CCc2ccnn2C)cc1OC. The molecule has 0 aliphatic rings. The molecule has 106 valence electrons. The summed E-state index contributed by atoms with van der Waals surface area (Å²) in [7, 11) is 5.00. The quantitative estimate of drug-likeness (QED) is 0.758. The molecule has 0 radical (unpaired) electrons. The zero-order chi connectivity index (χ0) is 14.5. The normalized spacial score (nSPS) is 10.3. The fourth-order valence-corrected chi connectivity index (χ4v) is 2.04. The molecule has 0 unspecified atom stereocenters. The fraction of sp³-hybridized carbons (Fsp3) is 0.333. The molecule has 2 aromatic rings. The Morgan fingerprint density at radius 1 is 1.20 bits per heavy atom. The van der Waals surface area contributed by atoms with E-state index in [4.69, 9.17) is 9.47 Å². The van der Waals surface area contributed by atoms with E-state index in [1.807, 2.05) is 13.1 Å². The van der Waals surface area contributed by atoms with Gasteiger partial charge in [0.05, 0.1) is 14.2 Å². The van der Waals surface area contributed by atoms with Crippen LogP contribution in [0.3, 0.4) is 0 Å². The van der Waals surface area contributed by atoms with Crippen molar-refractivity contribution in [2.45, 2.75) is 12.8 Å². The third-order valence-corrected chi connectivity index (χ3v) is 3.24. The van der Waals surface area contributed by atoms with Crippen LogP contribution in [0.2, 0.25) is 0 Å². The Bertz CT molecular complexity index is 605. The van der Waals surface area contributed by atoms with Crippen molar-refractivity contribution >= 4 is 5.78 Å². The number of hydrogen-bond acceptors (Lipinski definition) is 4. The first kappa shape index (κ1) is 14.1. The maximum absolute atomic E-state index is 12.2. The van der Waals surface area contributed by atoms with Crippen LogP contribution in [-0.4, -0.2) is 29.8 Å². The number of hydrogen-bond donors (Lipinski definition) is 0. The highest BCUT2D eigenvalue weighted by Gasteiger charge is 2.11. The summed E-state index contributed by atoms with van der Waals surface area (Å²) in [4.78, 5) is 12.2. The van der Waals surface area contributed by atoms with Crippen LogP contribution in [0.5, 0.6) is 11.5 Å². The molecule has 0 spiro atoms. The summed E-state index contributed by atoms with van der Waals surface area (Å²) in [5.74, 6) is 1.27. The lowest BCUT2D eigenvalue weighted by atomic mass is 10.0. The minimum Gasteiger partial charge on any atom is -0.493 e. The maximum Gasteiger partial charge on any atom is 0.163 e. The Morgan fingerprint density at radius 2 is 1.95 bits per heavy atom. The van der Waals surface area contributed by atoms with Crippen molar-refractivity contribution < 1.29 is 14.3 Å². The molecule has 0 fully saturated rings. The molecular weight excluding hydrogens is 256 g/mol. The molecule has 5 nitrogen and oxygen atoms in total. The highest BCUT2D eigenvalue weighted by Crippen LogP contribution is 2.28. The van der Waals surface area contributed by atoms with Crippen LogP contribution in [0.25, 0.3) is 0 Å². The van der Waals surface area contributed by atoms with Crippen molar-refractivity contribution in [1.82, 2.24) is 9.78 Å². The van der Waals surface area contributed by atoms with Crippen LogP contribution in [-0.2, 0) is 13.5 Å². The molecule has 1 heterocycles. The van der Waals surface area contributed by atoms with Gasteiger partial charge >= 0.3 is 0 Å². The van der Waals surface area contributed by atoms with Gasteiger partial charge in [0.25, 0.3) is 0 Å². The highest BCUT2D eigenvalue weighted by atomic mass is 16.5. The molecule has 0 N–H and O–H groups in total. The molecule has 0 aliphatic heterocycles. The number of methoxy groups -OCH3 is 2. The van der Waals surface area contributed by atoms with E-state index in [2.05, 4.69) is 5.10 Å². The van der Waals surface area contributed by atoms with Crippen molar-refractivity contribution in [3.05, 3.63) is 41.7 Å². The molecule has 1 aromatic heterocycles. The smallest absolute Gasteiger partial charge is 0.163 e. The summed E-state index contributed by atoms with van der Waals surface area (Å²) in [6, 6.07) is 7.13. The van der Waals surface area contributed by atoms with Gasteiger partial charge in [0, 0.05) is 30.9 Å². The van der Waals surface area contributed by atoms with Gasteiger partial charge in [0.15, 0.2) is 17.3 Å². The molecule has 0 amide bonds. The Hall–Kier alpha value is -2.30. The molecular formula is C15H18N2O3. The number of carbonyl (C=O) groups is 1. The van der Waals surface area contributed by atoms with E-state index in [1.165, 1.54) is 0 Å². The minimum atomic E-state index is 0.0761. The van der Waals surface area contributed by atoms with Gasteiger partial charge in [0.1, 0.15) is 0 Å². The number of benzene rings is 1. The molecule has 0 saturated heterocycles. The van der Waals surface area contributed by atoms with Gasteiger partial charge in [-0.15, -0.1) is 0 Å². The number of nitrogens with zero attached hydrogens (tertiary/aromatic N) is 2. The van der Waals surface area contributed by atoms with Crippen molar-refractivity contribution in [1.29, 1.82) is 0 Å². The average Bonchev–Trinajstić information content (AvgIpc) is 2.89. The van der Waals surface area contributed by atoms with Crippen LogP contribution in [0.1, 0.15) is 22.5 Å². The topological polar surface area (TPSA) is 53.3 Å².